The predicted octanol–water partition coefficient (Wildman–Crippen LogP) is 4.26. The molecule has 1 amide bonds. The first kappa shape index (κ1) is 20.3. The fraction of sp³-hybridized carbons (Fsp3) is 0.261. The number of carbonyl (C=O) groups excluding carboxylic acids is 1. The molecule has 5 nitrogen and oxygen atoms in total. The Hall–Kier alpha value is -2.93. The Bertz CT molecular complexity index is 1200. The average molecular weight is 427 g/mol. The molecule has 0 saturated heterocycles. The number of aryl methyl sites for hydroxylation is 2. The fourth-order valence-electron chi connectivity index (χ4n) is 4.05. The molecule has 3 aromatic carbocycles. The highest BCUT2D eigenvalue weighted by Gasteiger charge is 2.19. The van der Waals surface area contributed by atoms with Crippen molar-refractivity contribution in [1.29, 1.82) is 0 Å². The summed E-state index contributed by atoms with van der Waals surface area (Å²) >= 11 is 0. The number of benzene rings is 3. The van der Waals surface area contributed by atoms with Crippen LogP contribution in [0.2, 0.25) is 0 Å². The van der Waals surface area contributed by atoms with E-state index in [1.807, 2.05) is 18.2 Å². The minimum Gasteiger partial charge on any atom is -0.326 e. The van der Waals surface area contributed by atoms with E-state index in [-0.39, 0.29) is 18.9 Å². The number of anilines is 2. The summed E-state index contributed by atoms with van der Waals surface area (Å²) < 4.78 is 38.6. The SMILES string of the molecule is CS(=O)(=O)N(CCCC(=O)Nc1ccc2c3c(cccc13)CC2)c1ccc(F)cc1. The Labute approximate surface area is 175 Å². The molecule has 1 aliphatic carbocycles. The molecule has 0 saturated carbocycles. The van der Waals surface area contributed by atoms with Crippen LogP contribution in [-0.2, 0) is 27.7 Å². The molecule has 0 aromatic heterocycles. The Balaban J connectivity index is 1.43. The molecule has 0 heterocycles. The van der Waals surface area contributed by atoms with Crippen LogP contribution >= 0.6 is 0 Å². The van der Waals surface area contributed by atoms with Gasteiger partial charge in [0.1, 0.15) is 5.82 Å². The molecule has 4 rings (SSSR count). The number of hydrogen-bond acceptors (Lipinski definition) is 3. The third-order valence-corrected chi connectivity index (χ3v) is 6.63. The number of nitrogens with zero attached hydrogens (tertiary/aromatic N) is 1. The molecule has 7 heteroatoms. The van der Waals surface area contributed by atoms with Crippen molar-refractivity contribution in [2.75, 3.05) is 22.4 Å². The van der Waals surface area contributed by atoms with Gasteiger partial charge in [-0.25, -0.2) is 12.8 Å². The highest BCUT2D eigenvalue weighted by Crippen LogP contribution is 2.35. The van der Waals surface area contributed by atoms with Gasteiger partial charge in [-0.1, -0.05) is 24.3 Å². The first-order valence-corrected chi connectivity index (χ1v) is 11.7. The van der Waals surface area contributed by atoms with Gasteiger partial charge in [-0.05, 0) is 66.1 Å². The monoisotopic (exact) mass is 426 g/mol. The fourth-order valence-corrected chi connectivity index (χ4v) is 5.01. The summed E-state index contributed by atoms with van der Waals surface area (Å²) in [5, 5.41) is 5.24. The van der Waals surface area contributed by atoms with E-state index in [4.69, 9.17) is 0 Å². The number of nitrogens with one attached hydrogen (secondary N) is 1. The molecule has 0 bridgehead atoms. The van der Waals surface area contributed by atoms with Gasteiger partial charge in [0, 0.05) is 24.0 Å². The number of hydrogen-bond donors (Lipinski definition) is 1. The molecule has 0 unspecified atom stereocenters. The summed E-state index contributed by atoms with van der Waals surface area (Å²) in [7, 11) is -3.54. The zero-order chi connectivity index (χ0) is 21.3. The lowest BCUT2D eigenvalue weighted by atomic mass is 10.0. The molecule has 156 valence electrons. The summed E-state index contributed by atoms with van der Waals surface area (Å²) in [5.41, 5.74) is 3.77. The Morgan fingerprint density at radius 2 is 1.73 bits per heavy atom. The van der Waals surface area contributed by atoms with Crippen molar-refractivity contribution in [2.45, 2.75) is 25.7 Å². The van der Waals surface area contributed by atoms with Crippen molar-refractivity contribution >= 4 is 38.1 Å². The third kappa shape index (κ3) is 4.16. The third-order valence-electron chi connectivity index (χ3n) is 5.43. The van der Waals surface area contributed by atoms with E-state index in [1.165, 1.54) is 45.1 Å². The summed E-state index contributed by atoms with van der Waals surface area (Å²) in [6.45, 7) is 0.141. The number of rotatable bonds is 7. The molecular formula is C23H23FN2O3S. The highest BCUT2D eigenvalue weighted by atomic mass is 32.2. The minimum absolute atomic E-state index is 0.141. The van der Waals surface area contributed by atoms with Crippen LogP contribution in [0.25, 0.3) is 10.8 Å². The molecule has 30 heavy (non-hydrogen) atoms. The molecule has 0 aliphatic heterocycles. The molecule has 0 spiro atoms. The maximum Gasteiger partial charge on any atom is 0.232 e. The highest BCUT2D eigenvalue weighted by molar-refractivity contribution is 7.92. The predicted molar refractivity (Wildman–Crippen MR) is 118 cm³/mol. The van der Waals surface area contributed by atoms with Crippen molar-refractivity contribution in [3.05, 3.63) is 71.5 Å². The molecule has 1 N–H and O–H groups in total. The van der Waals surface area contributed by atoms with Gasteiger partial charge in [0.15, 0.2) is 0 Å². The average Bonchev–Trinajstić information content (AvgIpc) is 3.12. The Morgan fingerprint density at radius 1 is 1.03 bits per heavy atom. The number of carbonyl (C=O) groups is 1. The smallest absolute Gasteiger partial charge is 0.232 e. The Morgan fingerprint density at radius 3 is 2.43 bits per heavy atom. The van der Waals surface area contributed by atoms with Crippen LogP contribution in [0.1, 0.15) is 24.0 Å². The summed E-state index contributed by atoms with van der Waals surface area (Å²) in [5.74, 6) is -0.599. The van der Waals surface area contributed by atoms with Crippen molar-refractivity contribution in [2.24, 2.45) is 0 Å². The van der Waals surface area contributed by atoms with E-state index in [9.17, 15) is 17.6 Å². The van der Waals surface area contributed by atoms with Gasteiger partial charge in [-0.2, -0.15) is 0 Å². The van der Waals surface area contributed by atoms with Gasteiger partial charge in [0.05, 0.1) is 11.9 Å². The van der Waals surface area contributed by atoms with E-state index in [0.29, 0.717) is 12.1 Å². The van der Waals surface area contributed by atoms with Gasteiger partial charge in [0.2, 0.25) is 15.9 Å². The van der Waals surface area contributed by atoms with Gasteiger partial charge < -0.3 is 5.32 Å². The topological polar surface area (TPSA) is 66.5 Å². The molecule has 0 radical (unpaired) electrons. The van der Waals surface area contributed by atoms with Crippen LogP contribution in [0.4, 0.5) is 15.8 Å². The van der Waals surface area contributed by atoms with Crippen LogP contribution in [0.3, 0.4) is 0 Å². The molecule has 0 fully saturated rings. The van der Waals surface area contributed by atoms with Crippen LogP contribution in [0.5, 0.6) is 0 Å². The normalized spacial score (nSPS) is 12.9. The largest absolute Gasteiger partial charge is 0.326 e. The van der Waals surface area contributed by atoms with E-state index in [1.54, 1.807) is 0 Å². The quantitative estimate of drug-likeness (QED) is 0.614. The number of halogens is 1. The first-order valence-electron chi connectivity index (χ1n) is 9.89. The van der Waals surface area contributed by atoms with E-state index >= 15 is 0 Å². The lowest BCUT2D eigenvalue weighted by Crippen LogP contribution is -2.31. The molecule has 0 atom stereocenters. The zero-order valence-corrected chi connectivity index (χ0v) is 17.5. The van der Waals surface area contributed by atoms with Gasteiger partial charge in [0.25, 0.3) is 0 Å². The van der Waals surface area contributed by atoms with Crippen molar-refractivity contribution in [1.82, 2.24) is 0 Å². The number of amides is 1. The van der Waals surface area contributed by atoms with E-state index < -0.39 is 15.8 Å². The minimum atomic E-state index is -3.54. The maximum absolute atomic E-state index is 13.2. The van der Waals surface area contributed by atoms with Gasteiger partial charge >= 0.3 is 0 Å². The zero-order valence-electron chi connectivity index (χ0n) is 16.7. The van der Waals surface area contributed by atoms with Gasteiger partial charge in [-0.15, -0.1) is 0 Å². The molecular weight excluding hydrogens is 403 g/mol. The van der Waals surface area contributed by atoms with Crippen LogP contribution in [0.15, 0.2) is 54.6 Å². The second-order valence-corrected chi connectivity index (χ2v) is 9.48. The maximum atomic E-state index is 13.2. The summed E-state index contributed by atoms with van der Waals surface area (Å²) in [6, 6.07) is 15.4. The van der Waals surface area contributed by atoms with Crippen LogP contribution < -0.4 is 9.62 Å². The number of sulfonamides is 1. The molecule has 1 aliphatic rings. The second-order valence-electron chi connectivity index (χ2n) is 7.58. The van der Waals surface area contributed by atoms with Gasteiger partial charge in [-0.3, -0.25) is 9.10 Å². The Kier molecular flexibility index (Phi) is 5.47. The van der Waals surface area contributed by atoms with Crippen molar-refractivity contribution < 1.29 is 17.6 Å². The van der Waals surface area contributed by atoms with E-state index in [0.717, 1.165) is 30.2 Å². The van der Waals surface area contributed by atoms with Crippen molar-refractivity contribution in [3.8, 4) is 0 Å². The standard InChI is InChI=1S/C23H23FN2O3S/c1-30(28,29)26(19-12-10-18(24)11-13-19)15-3-6-22(27)25-21-14-9-17-8-7-16-4-2-5-20(21)23(16)17/h2,4-5,9-14H,3,6-8,15H2,1H3,(H,25,27). The summed E-state index contributed by atoms with van der Waals surface area (Å²) in [6.07, 6.45) is 3.67. The van der Waals surface area contributed by atoms with Crippen LogP contribution in [-0.4, -0.2) is 27.1 Å². The first-order chi connectivity index (χ1) is 14.3. The summed E-state index contributed by atoms with van der Waals surface area (Å²) in [4.78, 5) is 12.5. The van der Waals surface area contributed by atoms with Crippen molar-refractivity contribution in [3.63, 3.8) is 0 Å². The van der Waals surface area contributed by atoms with Crippen LogP contribution in [0, 0.1) is 5.82 Å². The molecule has 3 aromatic rings. The second kappa shape index (κ2) is 8.07. The van der Waals surface area contributed by atoms with E-state index in [2.05, 4.69) is 17.4 Å². The lowest BCUT2D eigenvalue weighted by molar-refractivity contribution is -0.116. The lowest BCUT2D eigenvalue weighted by Gasteiger charge is -2.22.